The van der Waals surface area contributed by atoms with Crippen LogP contribution in [0, 0.1) is 5.92 Å². The first-order chi connectivity index (χ1) is 8.99. The Labute approximate surface area is 114 Å². The molecule has 1 N–H and O–H groups in total. The van der Waals surface area contributed by atoms with Gasteiger partial charge in [0.25, 0.3) is 11.9 Å². The number of hydrogen-bond acceptors (Lipinski definition) is 3. The van der Waals surface area contributed by atoms with Gasteiger partial charge in [0.2, 0.25) is 0 Å². The van der Waals surface area contributed by atoms with E-state index in [0.29, 0.717) is 18.0 Å². The number of hydrogen-bond donors (Lipinski definition) is 1. The third-order valence-corrected chi connectivity index (χ3v) is 2.20. The van der Waals surface area contributed by atoms with Gasteiger partial charge >= 0.3 is 0 Å². The molecule has 0 spiro atoms. The Balaban J connectivity index is 2.71. The molecule has 0 aliphatic heterocycles. The molecule has 0 fully saturated rings. The van der Waals surface area contributed by atoms with Gasteiger partial charge in [0, 0.05) is 12.1 Å². The average molecular weight is 262 g/mol. The molecule has 1 amide bonds. The van der Waals surface area contributed by atoms with Crippen LogP contribution in [0.15, 0.2) is 35.3 Å². The van der Waals surface area contributed by atoms with Crippen molar-refractivity contribution in [3.8, 4) is 0 Å². The summed E-state index contributed by atoms with van der Waals surface area (Å²) in [5, 5.41) is 2.71. The van der Waals surface area contributed by atoms with Gasteiger partial charge in [-0.1, -0.05) is 32.0 Å². The van der Waals surface area contributed by atoms with Crippen molar-refractivity contribution in [2.75, 3.05) is 6.54 Å². The van der Waals surface area contributed by atoms with Gasteiger partial charge in [0.15, 0.2) is 0 Å². The van der Waals surface area contributed by atoms with Crippen molar-refractivity contribution in [2.24, 2.45) is 10.9 Å². The number of aliphatic imine (C=N–C) groups is 1. The van der Waals surface area contributed by atoms with Crippen LogP contribution < -0.4 is 5.32 Å². The molecule has 0 unspecified atom stereocenters. The van der Waals surface area contributed by atoms with E-state index in [1.165, 1.54) is 0 Å². The highest BCUT2D eigenvalue weighted by Gasteiger charge is 2.10. The fraction of sp³-hybridized carbons (Fsp3) is 0.467. The lowest BCUT2D eigenvalue weighted by atomic mass is 10.2. The number of carbonyl (C=O) groups excluding carboxylic acids is 1. The van der Waals surface area contributed by atoms with Gasteiger partial charge in [0.1, 0.15) is 0 Å². The lowest BCUT2D eigenvalue weighted by Gasteiger charge is -2.14. The Hall–Kier alpha value is -1.84. The van der Waals surface area contributed by atoms with Crippen LogP contribution in [0.3, 0.4) is 0 Å². The molecule has 0 heterocycles. The normalized spacial score (nSPS) is 11.8. The van der Waals surface area contributed by atoms with Gasteiger partial charge in [-0.15, -0.1) is 0 Å². The molecular weight excluding hydrogens is 240 g/mol. The van der Waals surface area contributed by atoms with Crippen molar-refractivity contribution in [3.05, 3.63) is 35.9 Å². The number of amides is 1. The Morgan fingerprint density at radius 1 is 1.21 bits per heavy atom. The third kappa shape index (κ3) is 6.04. The van der Waals surface area contributed by atoms with Gasteiger partial charge in [-0.3, -0.25) is 10.1 Å². The van der Waals surface area contributed by atoms with Crippen molar-refractivity contribution in [2.45, 2.75) is 33.8 Å². The largest absolute Gasteiger partial charge is 0.462 e. The molecule has 0 aliphatic carbocycles. The number of rotatable bonds is 4. The molecule has 1 aromatic carbocycles. The van der Waals surface area contributed by atoms with Gasteiger partial charge < -0.3 is 4.74 Å². The molecular formula is C15H22N2O2. The maximum Gasteiger partial charge on any atom is 0.291 e. The van der Waals surface area contributed by atoms with Crippen LogP contribution in [0.25, 0.3) is 0 Å². The summed E-state index contributed by atoms with van der Waals surface area (Å²) < 4.78 is 5.51. The van der Waals surface area contributed by atoms with Crippen LogP contribution >= 0.6 is 0 Å². The van der Waals surface area contributed by atoms with Crippen LogP contribution in [0.4, 0.5) is 0 Å². The molecule has 1 aromatic rings. The zero-order valence-corrected chi connectivity index (χ0v) is 12.0. The number of ether oxygens (including phenoxy) is 1. The standard InChI is InChI=1S/C15H22N2O2/c1-11(2)10-16-15(19-12(3)4)17-14(18)13-8-6-5-7-9-13/h5-9,11-12H,10H2,1-4H3,(H,16,17,18). The molecule has 0 saturated carbocycles. The van der Waals surface area contributed by atoms with E-state index in [2.05, 4.69) is 24.2 Å². The summed E-state index contributed by atoms with van der Waals surface area (Å²) in [7, 11) is 0. The van der Waals surface area contributed by atoms with E-state index in [0.717, 1.165) is 0 Å². The molecule has 0 radical (unpaired) electrons. The van der Waals surface area contributed by atoms with E-state index in [9.17, 15) is 4.79 Å². The highest BCUT2D eigenvalue weighted by Crippen LogP contribution is 2.00. The van der Waals surface area contributed by atoms with Crippen molar-refractivity contribution >= 4 is 11.9 Å². The minimum Gasteiger partial charge on any atom is -0.462 e. The number of nitrogens with zero attached hydrogens (tertiary/aromatic N) is 1. The molecule has 0 saturated heterocycles. The van der Waals surface area contributed by atoms with E-state index >= 15 is 0 Å². The second-order valence-corrected chi connectivity index (χ2v) is 5.03. The van der Waals surface area contributed by atoms with Crippen molar-refractivity contribution in [1.82, 2.24) is 5.32 Å². The zero-order valence-electron chi connectivity index (χ0n) is 12.0. The highest BCUT2D eigenvalue weighted by molar-refractivity contribution is 6.04. The minimum absolute atomic E-state index is 0.0259. The highest BCUT2D eigenvalue weighted by atomic mass is 16.5. The van der Waals surface area contributed by atoms with E-state index < -0.39 is 0 Å². The molecule has 4 nitrogen and oxygen atoms in total. The van der Waals surface area contributed by atoms with E-state index in [1.807, 2.05) is 32.0 Å². The van der Waals surface area contributed by atoms with Crippen LogP contribution in [-0.2, 0) is 4.74 Å². The first-order valence-corrected chi connectivity index (χ1v) is 6.56. The summed E-state index contributed by atoms with van der Waals surface area (Å²) in [6.45, 7) is 8.56. The first-order valence-electron chi connectivity index (χ1n) is 6.56. The van der Waals surface area contributed by atoms with E-state index in [-0.39, 0.29) is 18.0 Å². The molecule has 0 bridgehead atoms. The van der Waals surface area contributed by atoms with E-state index in [4.69, 9.17) is 4.74 Å². The summed E-state index contributed by atoms with van der Waals surface area (Å²) in [5.41, 5.74) is 0.590. The maximum atomic E-state index is 12.0. The Morgan fingerprint density at radius 3 is 2.37 bits per heavy atom. The number of carbonyl (C=O) groups is 1. The van der Waals surface area contributed by atoms with Crippen LogP contribution in [0.5, 0.6) is 0 Å². The summed E-state index contributed by atoms with van der Waals surface area (Å²) in [4.78, 5) is 16.3. The Kier molecular flexibility index (Phi) is 6.06. The molecule has 4 heteroatoms. The fourth-order valence-corrected chi connectivity index (χ4v) is 1.35. The van der Waals surface area contributed by atoms with Crippen LogP contribution in [-0.4, -0.2) is 24.6 Å². The molecule has 0 aliphatic rings. The maximum absolute atomic E-state index is 12.0. The second-order valence-electron chi connectivity index (χ2n) is 5.03. The average Bonchev–Trinajstić information content (AvgIpc) is 2.36. The lowest BCUT2D eigenvalue weighted by molar-refractivity contribution is 0.0959. The van der Waals surface area contributed by atoms with Crippen LogP contribution in [0.1, 0.15) is 38.1 Å². The summed E-state index contributed by atoms with van der Waals surface area (Å²) in [6.07, 6.45) is -0.0259. The molecule has 0 atom stereocenters. The van der Waals surface area contributed by atoms with Gasteiger partial charge in [-0.2, -0.15) is 0 Å². The minimum atomic E-state index is -0.205. The Bertz CT molecular complexity index is 425. The van der Waals surface area contributed by atoms with Crippen molar-refractivity contribution < 1.29 is 9.53 Å². The SMILES string of the molecule is CC(C)CN=C(NC(=O)c1ccccc1)OC(C)C. The van der Waals surface area contributed by atoms with Crippen molar-refractivity contribution in [1.29, 1.82) is 0 Å². The van der Waals surface area contributed by atoms with E-state index in [1.54, 1.807) is 12.1 Å². The van der Waals surface area contributed by atoms with Crippen LogP contribution in [0.2, 0.25) is 0 Å². The number of benzene rings is 1. The van der Waals surface area contributed by atoms with Gasteiger partial charge in [-0.05, 0) is 31.9 Å². The lowest BCUT2D eigenvalue weighted by Crippen LogP contribution is -2.34. The smallest absolute Gasteiger partial charge is 0.291 e. The van der Waals surface area contributed by atoms with Gasteiger partial charge in [0.05, 0.1) is 6.10 Å². The summed E-state index contributed by atoms with van der Waals surface area (Å²) in [6, 6.07) is 9.31. The third-order valence-electron chi connectivity index (χ3n) is 2.20. The quantitative estimate of drug-likeness (QED) is 0.670. The molecule has 0 aromatic heterocycles. The van der Waals surface area contributed by atoms with Gasteiger partial charge in [-0.25, -0.2) is 4.99 Å². The predicted molar refractivity (Wildman–Crippen MR) is 77.3 cm³/mol. The zero-order chi connectivity index (χ0) is 14.3. The number of amidine groups is 1. The molecule has 104 valence electrons. The summed E-state index contributed by atoms with van der Waals surface area (Å²) >= 11 is 0. The fourth-order valence-electron chi connectivity index (χ4n) is 1.35. The number of nitrogens with one attached hydrogen (secondary N) is 1. The van der Waals surface area contributed by atoms with Crippen molar-refractivity contribution in [3.63, 3.8) is 0 Å². The molecule has 19 heavy (non-hydrogen) atoms. The molecule has 1 rings (SSSR count). The topological polar surface area (TPSA) is 50.7 Å². The monoisotopic (exact) mass is 262 g/mol. The Morgan fingerprint density at radius 2 is 1.84 bits per heavy atom. The first kappa shape index (κ1) is 15.2. The summed E-state index contributed by atoms with van der Waals surface area (Å²) in [5.74, 6) is 0.211. The predicted octanol–water partition coefficient (Wildman–Crippen LogP) is 2.85. The second kappa shape index (κ2) is 7.56.